The molecule has 0 bridgehead atoms. The van der Waals surface area contributed by atoms with Crippen molar-refractivity contribution in [1.29, 1.82) is 0 Å². The van der Waals surface area contributed by atoms with E-state index in [9.17, 15) is 34.8 Å². The third kappa shape index (κ3) is 3.97. The number of nitrogens with one attached hydrogen (secondary N) is 1. The number of anilines is 1. The van der Waals surface area contributed by atoms with Gasteiger partial charge >= 0.3 is 6.18 Å². The molecule has 11 heteroatoms. The Morgan fingerprint density at radius 1 is 0.917 bits per heavy atom. The molecule has 0 fully saturated rings. The van der Waals surface area contributed by atoms with E-state index in [-0.39, 0.29) is 0 Å². The molecule has 0 atom stereocenters. The van der Waals surface area contributed by atoms with Crippen molar-refractivity contribution in [2.75, 3.05) is 4.72 Å². The van der Waals surface area contributed by atoms with Crippen molar-refractivity contribution in [3.63, 3.8) is 0 Å². The van der Waals surface area contributed by atoms with Crippen molar-refractivity contribution in [3.8, 4) is 11.1 Å². The van der Waals surface area contributed by atoms with Crippen LogP contribution in [0.1, 0.15) is 5.56 Å². The van der Waals surface area contributed by atoms with Crippen LogP contribution in [0.4, 0.5) is 32.0 Å². The molecule has 2 rings (SSSR count). The lowest BCUT2D eigenvalue weighted by molar-refractivity contribution is -0.139. The zero-order valence-electron chi connectivity index (χ0n) is 11.5. The van der Waals surface area contributed by atoms with Crippen LogP contribution >= 0.6 is 0 Å². The van der Waals surface area contributed by atoms with Gasteiger partial charge in [-0.25, -0.2) is 18.3 Å². The summed E-state index contributed by atoms with van der Waals surface area (Å²) in [4.78, 5) is 0. The Balaban J connectivity index is 2.52. The summed E-state index contributed by atoms with van der Waals surface area (Å²) in [5, 5.41) is 4.65. The summed E-state index contributed by atoms with van der Waals surface area (Å²) < 4.78 is 102. The second-order valence-electron chi connectivity index (χ2n) is 4.65. The topological polar surface area (TPSA) is 72.2 Å². The van der Waals surface area contributed by atoms with E-state index in [0.717, 1.165) is 0 Å². The zero-order chi connectivity index (χ0) is 18.3. The zero-order valence-corrected chi connectivity index (χ0v) is 12.3. The molecule has 4 nitrogen and oxygen atoms in total. The van der Waals surface area contributed by atoms with Crippen LogP contribution in [-0.4, -0.2) is 8.42 Å². The van der Waals surface area contributed by atoms with E-state index in [4.69, 9.17) is 0 Å². The first-order valence-corrected chi connectivity index (χ1v) is 7.60. The summed E-state index contributed by atoms with van der Waals surface area (Å²) in [5.74, 6) is -4.34. The van der Waals surface area contributed by atoms with Gasteiger partial charge < -0.3 is 0 Å². The Morgan fingerprint density at radius 2 is 1.46 bits per heavy atom. The van der Waals surface area contributed by atoms with E-state index in [1.54, 1.807) is 4.72 Å². The molecule has 0 saturated heterocycles. The highest BCUT2D eigenvalue weighted by Crippen LogP contribution is 2.35. The summed E-state index contributed by atoms with van der Waals surface area (Å²) in [5.41, 5.74) is -3.43. The lowest BCUT2D eigenvalue weighted by atomic mass is 10.0. The van der Waals surface area contributed by atoms with Crippen molar-refractivity contribution in [2.24, 2.45) is 5.14 Å². The first kappa shape index (κ1) is 18.1. The molecule has 0 aliphatic rings. The number of rotatable bonds is 3. The van der Waals surface area contributed by atoms with Crippen LogP contribution in [0.3, 0.4) is 0 Å². The maximum atomic E-state index is 14.0. The Labute approximate surface area is 132 Å². The highest BCUT2D eigenvalue weighted by molar-refractivity contribution is 7.90. The van der Waals surface area contributed by atoms with Crippen molar-refractivity contribution in [1.82, 2.24) is 0 Å². The van der Waals surface area contributed by atoms with Crippen molar-refractivity contribution < 1.29 is 34.8 Å². The van der Waals surface area contributed by atoms with Gasteiger partial charge in [-0.05, 0) is 29.8 Å². The molecule has 0 amide bonds. The maximum Gasteiger partial charge on any atom is 0.419 e. The van der Waals surface area contributed by atoms with E-state index < -0.39 is 56.2 Å². The van der Waals surface area contributed by atoms with Crippen LogP contribution in [-0.2, 0) is 16.4 Å². The van der Waals surface area contributed by atoms with E-state index in [1.165, 1.54) is 0 Å². The number of nitrogens with two attached hydrogens (primary N) is 1. The van der Waals surface area contributed by atoms with Crippen LogP contribution < -0.4 is 9.86 Å². The second-order valence-corrected chi connectivity index (χ2v) is 5.95. The molecule has 2 aromatic rings. The molecule has 130 valence electrons. The van der Waals surface area contributed by atoms with Gasteiger partial charge in [0.25, 0.3) is 10.2 Å². The molecule has 3 N–H and O–H groups in total. The highest BCUT2D eigenvalue weighted by atomic mass is 32.2. The fourth-order valence-corrected chi connectivity index (χ4v) is 2.42. The molecule has 0 heterocycles. The molecular formula is C13H8F6N2O2S. The maximum absolute atomic E-state index is 14.0. The normalized spacial score (nSPS) is 12.3. The van der Waals surface area contributed by atoms with Gasteiger partial charge in [0.1, 0.15) is 17.5 Å². The van der Waals surface area contributed by atoms with Crippen LogP contribution in [0.25, 0.3) is 11.1 Å². The van der Waals surface area contributed by atoms with Gasteiger partial charge in [0.05, 0.1) is 16.8 Å². The molecule has 24 heavy (non-hydrogen) atoms. The van der Waals surface area contributed by atoms with Crippen LogP contribution in [0.2, 0.25) is 0 Å². The minimum atomic E-state index is -4.96. The Morgan fingerprint density at radius 3 is 1.88 bits per heavy atom. The number of benzene rings is 2. The summed E-state index contributed by atoms with van der Waals surface area (Å²) in [6.07, 6.45) is -4.96. The third-order valence-corrected chi connectivity index (χ3v) is 3.39. The van der Waals surface area contributed by atoms with E-state index >= 15 is 0 Å². The second kappa shape index (κ2) is 5.98. The highest BCUT2D eigenvalue weighted by Gasteiger charge is 2.34. The molecule has 0 aromatic heterocycles. The van der Waals surface area contributed by atoms with Gasteiger partial charge in [0, 0.05) is 0 Å². The van der Waals surface area contributed by atoms with Crippen LogP contribution in [0, 0.1) is 17.5 Å². The smallest absolute Gasteiger partial charge is 0.271 e. The monoisotopic (exact) mass is 370 g/mol. The van der Waals surface area contributed by atoms with E-state index in [1.807, 2.05) is 0 Å². The first-order valence-electron chi connectivity index (χ1n) is 6.05. The van der Waals surface area contributed by atoms with Gasteiger partial charge in [-0.2, -0.15) is 21.6 Å². The van der Waals surface area contributed by atoms with Crippen molar-refractivity contribution >= 4 is 15.9 Å². The van der Waals surface area contributed by atoms with Gasteiger partial charge in [0.2, 0.25) is 0 Å². The SMILES string of the molecule is NS(=O)(=O)Nc1cc(F)c(-c2ccc(C(F)(F)F)c(F)c2)c(F)c1. The van der Waals surface area contributed by atoms with Crippen LogP contribution in [0.5, 0.6) is 0 Å². The van der Waals surface area contributed by atoms with Gasteiger partial charge in [-0.15, -0.1) is 0 Å². The van der Waals surface area contributed by atoms with E-state index in [2.05, 4.69) is 5.14 Å². The van der Waals surface area contributed by atoms with Gasteiger partial charge in [-0.1, -0.05) is 6.07 Å². The molecular weight excluding hydrogens is 362 g/mol. The molecule has 0 aliphatic carbocycles. The van der Waals surface area contributed by atoms with Crippen LogP contribution in [0.15, 0.2) is 30.3 Å². The van der Waals surface area contributed by atoms with Gasteiger partial charge in [0.15, 0.2) is 0 Å². The lowest BCUT2D eigenvalue weighted by Crippen LogP contribution is -2.21. The Kier molecular flexibility index (Phi) is 4.50. The lowest BCUT2D eigenvalue weighted by Gasteiger charge is -2.12. The Bertz CT molecular complexity index is 873. The average molecular weight is 370 g/mol. The molecule has 0 unspecified atom stereocenters. The summed E-state index contributed by atoms with van der Waals surface area (Å²) in [7, 11) is -4.29. The fraction of sp³-hybridized carbons (Fsp3) is 0.0769. The molecule has 0 radical (unpaired) electrons. The predicted molar refractivity (Wildman–Crippen MR) is 73.5 cm³/mol. The molecule has 0 spiro atoms. The average Bonchev–Trinajstić information content (AvgIpc) is 2.33. The largest absolute Gasteiger partial charge is 0.419 e. The quantitative estimate of drug-likeness (QED) is 0.813. The Hall–Kier alpha value is -2.27. The number of hydrogen-bond donors (Lipinski definition) is 2. The number of alkyl halides is 3. The van der Waals surface area contributed by atoms with E-state index in [0.29, 0.717) is 30.3 Å². The third-order valence-electron chi connectivity index (χ3n) is 2.87. The minimum Gasteiger partial charge on any atom is -0.271 e. The number of hydrogen-bond acceptors (Lipinski definition) is 2. The summed E-state index contributed by atoms with van der Waals surface area (Å²) in [6, 6.07) is 2.48. The standard InChI is InChI=1S/C13H8F6N2O2S/c14-9-3-6(1-2-8(9)13(17,18)19)12-10(15)4-7(5-11(12)16)21-24(20,22)23/h1-5,21H,(H2,20,22,23). The molecule has 2 aromatic carbocycles. The van der Waals surface area contributed by atoms with Crippen molar-refractivity contribution in [2.45, 2.75) is 6.18 Å². The molecule has 0 saturated carbocycles. The fourth-order valence-electron chi connectivity index (χ4n) is 1.97. The number of halogens is 6. The summed E-state index contributed by atoms with van der Waals surface area (Å²) in [6.45, 7) is 0. The van der Waals surface area contributed by atoms with Crippen molar-refractivity contribution in [3.05, 3.63) is 53.3 Å². The first-order chi connectivity index (χ1) is 10.9. The predicted octanol–water partition coefficient (Wildman–Crippen LogP) is 3.41. The summed E-state index contributed by atoms with van der Waals surface area (Å²) >= 11 is 0. The molecule has 0 aliphatic heterocycles. The van der Waals surface area contributed by atoms with Gasteiger partial charge in [-0.3, -0.25) is 4.72 Å². The minimum absolute atomic E-state index is 0.330.